The lowest BCUT2D eigenvalue weighted by Crippen LogP contribution is -2.45. The largest absolute Gasteiger partial charge is 0.297 e. The van der Waals surface area contributed by atoms with Crippen molar-refractivity contribution in [2.75, 3.05) is 4.90 Å². The molecule has 0 spiro atoms. The van der Waals surface area contributed by atoms with Gasteiger partial charge in [0.2, 0.25) is 11.8 Å². The molecule has 0 unspecified atom stereocenters. The van der Waals surface area contributed by atoms with Crippen LogP contribution in [0.1, 0.15) is 27.8 Å². The maximum atomic E-state index is 15.9. The number of carbonyl (C=O) groups is 3. The van der Waals surface area contributed by atoms with E-state index in [0.29, 0.717) is 27.8 Å². The first-order valence-electron chi connectivity index (χ1n) is 15.5. The Hall–Kier alpha value is -5.95. The molecule has 7 heteroatoms. The maximum absolute atomic E-state index is 15.9. The number of fused-ring (bicyclic) bond motifs is 5. The third-order valence-electron chi connectivity index (χ3n) is 10.1. The quantitative estimate of drug-likeness (QED) is 0.115. The lowest BCUT2D eigenvalue weighted by Gasteiger charge is -2.39. The van der Waals surface area contributed by atoms with Crippen molar-refractivity contribution < 1.29 is 19.3 Å². The van der Waals surface area contributed by atoms with Gasteiger partial charge in [-0.1, -0.05) is 127 Å². The number of rotatable bonds is 6. The number of allylic oxidation sites excluding steroid dienone is 2. The third-order valence-corrected chi connectivity index (χ3v) is 10.1. The van der Waals surface area contributed by atoms with Crippen molar-refractivity contribution in [1.29, 1.82) is 0 Å². The van der Waals surface area contributed by atoms with Crippen molar-refractivity contribution in [3.8, 4) is 0 Å². The van der Waals surface area contributed by atoms with Gasteiger partial charge in [-0.2, -0.15) is 0 Å². The normalized spacial score (nSPS) is 24.6. The van der Waals surface area contributed by atoms with Crippen LogP contribution in [-0.2, 0) is 25.2 Å². The van der Waals surface area contributed by atoms with Crippen molar-refractivity contribution in [2.45, 2.75) is 17.8 Å². The summed E-state index contributed by atoms with van der Waals surface area (Å²) in [5.74, 6) is -3.80. The molecular formula is C40H28N2O5. The molecule has 1 saturated carbocycles. The van der Waals surface area contributed by atoms with E-state index in [2.05, 4.69) is 0 Å². The molecule has 2 aliphatic carbocycles. The SMILES string of the molecule is Cc1ccc(N2C(=O)[C@@H]3[C@H](C2=O)[C@@]2(c4ccccc4)C(=O)[C@@]3(c3ccccc3)C(c3ccccc3)=C2c2ccccc2)c([N+](=O)[O-])c1. The van der Waals surface area contributed by atoms with Crippen molar-refractivity contribution in [3.63, 3.8) is 0 Å². The van der Waals surface area contributed by atoms with E-state index < -0.39 is 39.4 Å². The van der Waals surface area contributed by atoms with Crippen LogP contribution in [-0.4, -0.2) is 22.5 Å². The van der Waals surface area contributed by atoms with Gasteiger partial charge in [0.1, 0.15) is 5.69 Å². The first-order chi connectivity index (χ1) is 22.8. The van der Waals surface area contributed by atoms with Gasteiger partial charge >= 0.3 is 0 Å². The van der Waals surface area contributed by atoms with E-state index in [0.717, 1.165) is 16.0 Å². The molecule has 228 valence electrons. The number of imide groups is 1. The Bertz CT molecular complexity index is 2030. The summed E-state index contributed by atoms with van der Waals surface area (Å²) in [7, 11) is 0. The topological polar surface area (TPSA) is 97.6 Å². The lowest BCUT2D eigenvalue weighted by molar-refractivity contribution is -0.384. The number of ketones is 1. The summed E-state index contributed by atoms with van der Waals surface area (Å²) in [4.78, 5) is 58.7. The molecule has 47 heavy (non-hydrogen) atoms. The van der Waals surface area contributed by atoms with Gasteiger partial charge < -0.3 is 0 Å². The highest BCUT2D eigenvalue weighted by molar-refractivity contribution is 6.39. The number of benzene rings is 5. The molecule has 7 nitrogen and oxygen atoms in total. The highest BCUT2D eigenvalue weighted by Crippen LogP contribution is 2.74. The molecule has 0 aromatic heterocycles. The summed E-state index contributed by atoms with van der Waals surface area (Å²) in [6.07, 6.45) is 0. The molecule has 1 aliphatic heterocycles. The van der Waals surface area contributed by atoms with Gasteiger partial charge in [-0.15, -0.1) is 0 Å². The fourth-order valence-electron chi connectivity index (χ4n) is 8.54. The van der Waals surface area contributed by atoms with Crippen LogP contribution in [0.2, 0.25) is 0 Å². The van der Waals surface area contributed by atoms with Crippen LogP contribution in [0.3, 0.4) is 0 Å². The van der Waals surface area contributed by atoms with Gasteiger partial charge in [0, 0.05) is 6.07 Å². The molecule has 2 amide bonds. The molecule has 2 bridgehead atoms. The summed E-state index contributed by atoms with van der Waals surface area (Å²) in [5, 5.41) is 12.3. The van der Waals surface area contributed by atoms with Crippen LogP contribution in [0.4, 0.5) is 11.4 Å². The summed E-state index contributed by atoms with van der Waals surface area (Å²) in [6.45, 7) is 1.72. The van der Waals surface area contributed by atoms with Crippen LogP contribution >= 0.6 is 0 Å². The lowest BCUT2D eigenvalue weighted by atomic mass is 9.59. The Morgan fingerprint density at radius 2 is 1.00 bits per heavy atom. The number of nitro benzene ring substituents is 1. The summed E-state index contributed by atoms with van der Waals surface area (Å²) < 4.78 is 0. The summed E-state index contributed by atoms with van der Waals surface area (Å²) in [5.41, 5.74) is 1.12. The number of anilines is 1. The number of aryl methyl sites for hydroxylation is 1. The average molecular weight is 617 g/mol. The first kappa shape index (κ1) is 28.5. The molecular weight excluding hydrogens is 588 g/mol. The molecule has 5 aromatic carbocycles. The molecule has 8 rings (SSSR count). The van der Waals surface area contributed by atoms with Gasteiger partial charge in [0.25, 0.3) is 5.69 Å². The highest BCUT2D eigenvalue weighted by atomic mass is 16.6. The zero-order chi connectivity index (χ0) is 32.5. The fourth-order valence-corrected chi connectivity index (χ4v) is 8.54. The second-order valence-corrected chi connectivity index (χ2v) is 12.4. The zero-order valence-electron chi connectivity index (χ0n) is 25.4. The summed E-state index contributed by atoms with van der Waals surface area (Å²) >= 11 is 0. The predicted molar refractivity (Wildman–Crippen MR) is 178 cm³/mol. The smallest absolute Gasteiger partial charge is 0.293 e. The van der Waals surface area contributed by atoms with Crippen LogP contribution in [0.5, 0.6) is 0 Å². The minimum atomic E-state index is -1.57. The van der Waals surface area contributed by atoms with E-state index in [1.807, 2.05) is 121 Å². The average Bonchev–Trinajstić information content (AvgIpc) is 3.62. The monoisotopic (exact) mass is 616 g/mol. The van der Waals surface area contributed by atoms with Gasteiger partial charge in [-0.3, -0.25) is 24.5 Å². The Labute approximate surface area is 270 Å². The fraction of sp³-hybridized carbons (Fsp3) is 0.125. The number of nitro groups is 1. The van der Waals surface area contributed by atoms with Crippen LogP contribution < -0.4 is 4.90 Å². The number of amides is 2. The molecule has 1 heterocycles. The minimum Gasteiger partial charge on any atom is -0.297 e. The maximum Gasteiger partial charge on any atom is 0.293 e. The Morgan fingerprint density at radius 1 is 0.596 bits per heavy atom. The summed E-state index contributed by atoms with van der Waals surface area (Å²) in [6, 6.07) is 42.1. The second kappa shape index (κ2) is 10.3. The van der Waals surface area contributed by atoms with Gasteiger partial charge in [-0.05, 0) is 52.0 Å². The van der Waals surface area contributed by atoms with E-state index in [1.165, 1.54) is 12.1 Å². The number of carbonyl (C=O) groups excluding carboxylic acids is 3. The Kier molecular flexibility index (Phi) is 6.24. The minimum absolute atomic E-state index is 0.0919. The van der Waals surface area contributed by atoms with Gasteiger partial charge in [-0.25, -0.2) is 4.90 Å². The van der Waals surface area contributed by atoms with E-state index >= 15 is 14.4 Å². The number of nitrogens with zero attached hydrogens (tertiary/aromatic N) is 2. The zero-order valence-corrected chi connectivity index (χ0v) is 25.4. The van der Waals surface area contributed by atoms with Crippen LogP contribution in [0.15, 0.2) is 140 Å². The number of hydrogen-bond acceptors (Lipinski definition) is 5. The molecule has 1 saturated heterocycles. The molecule has 2 fully saturated rings. The van der Waals surface area contributed by atoms with Crippen molar-refractivity contribution in [2.24, 2.45) is 11.8 Å². The van der Waals surface area contributed by atoms with Crippen molar-refractivity contribution in [1.82, 2.24) is 0 Å². The third kappa shape index (κ3) is 3.59. The standard InChI is InChI=1S/C40H28N2O5/c1-25-22-23-30(31(24-25)42(46)47)41-36(43)34-35(37(41)44)40(29-20-12-5-13-21-29)33(27-16-8-3-9-17-27)32(26-14-6-2-7-15-26)39(34,38(40)45)28-18-10-4-11-19-28/h2-24,34-35H,1H3/t34-,35+,39-,40-/m0/s1. The molecule has 0 N–H and O–H groups in total. The highest BCUT2D eigenvalue weighted by Gasteiger charge is 2.83. The van der Waals surface area contributed by atoms with Crippen molar-refractivity contribution in [3.05, 3.63) is 177 Å². The first-order valence-corrected chi connectivity index (χ1v) is 15.5. The van der Waals surface area contributed by atoms with E-state index in [1.54, 1.807) is 13.0 Å². The molecule has 3 aliphatic rings. The second-order valence-electron chi connectivity index (χ2n) is 12.4. The van der Waals surface area contributed by atoms with Gasteiger partial charge in [0.15, 0.2) is 5.78 Å². The van der Waals surface area contributed by atoms with Gasteiger partial charge in [0.05, 0.1) is 27.6 Å². The number of Topliss-reactive ketones (excluding diaryl/α,β-unsaturated/α-hetero) is 1. The van der Waals surface area contributed by atoms with Crippen LogP contribution in [0, 0.1) is 28.9 Å². The number of hydrogen-bond donors (Lipinski definition) is 0. The Balaban J connectivity index is 1.55. The van der Waals surface area contributed by atoms with E-state index in [4.69, 9.17) is 0 Å². The van der Waals surface area contributed by atoms with Crippen molar-refractivity contribution >= 4 is 40.1 Å². The Morgan fingerprint density at radius 3 is 1.40 bits per heavy atom. The predicted octanol–water partition coefficient (Wildman–Crippen LogP) is 7.09. The molecule has 5 aromatic rings. The molecule has 0 radical (unpaired) electrons. The molecule has 4 atom stereocenters. The van der Waals surface area contributed by atoms with Crippen LogP contribution in [0.25, 0.3) is 11.1 Å². The van der Waals surface area contributed by atoms with E-state index in [-0.39, 0.29) is 17.2 Å². The van der Waals surface area contributed by atoms with E-state index in [9.17, 15) is 10.1 Å².